The first-order valence-corrected chi connectivity index (χ1v) is 10.0. The van der Waals surface area contributed by atoms with Crippen molar-refractivity contribution in [3.05, 3.63) is 52.8 Å². The predicted octanol–water partition coefficient (Wildman–Crippen LogP) is 3.41. The SMILES string of the molecule is CCOc1ccc(C(=O)N=c2sc3ccccc3n2CC(=O)OC)cc1OCC. The van der Waals surface area contributed by atoms with E-state index in [-0.39, 0.29) is 6.54 Å². The molecule has 0 saturated heterocycles. The van der Waals surface area contributed by atoms with Crippen LogP contribution >= 0.6 is 11.3 Å². The van der Waals surface area contributed by atoms with Gasteiger partial charge in [0.15, 0.2) is 16.3 Å². The van der Waals surface area contributed by atoms with Gasteiger partial charge in [-0.05, 0) is 44.2 Å². The van der Waals surface area contributed by atoms with E-state index in [1.54, 1.807) is 22.8 Å². The van der Waals surface area contributed by atoms with Crippen molar-refractivity contribution >= 4 is 33.4 Å². The van der Waals surface area contributed by atoms with Crippen molar-refractivity contribution in [2.24, 2.45) is 4.99 Å². The molecule has 0 aliphatic heterocycles. The van der Waals surface area contributed by atoms with Crippen molar-refractivity contribution in [1.29, 1.82) is 0 Å². The number of hydrogen-bond donors (Lipinski definition) is 0. The number of hydrogen-bond acceptors (Lipinski definition) is 6. The minimum atomic E-state index is -0.431. The Kier molecular flexibility index (Phi) is 6.66. The first kappa shape index (κ1) is 20.6. The molecule has 0 radical (unpaired) electrons. The summed E-state index contributed by atoms with van der Waals surface area (Å²) in [5.74, 6) is 0.226. The summed E-state index contributed by atoms with van der Waals surface area (Å²) in [4.78, 5) is 29.4. The molecule has 0 fully saturated rings. The fraction of sp³-hybridized carbons (Fsp3) is 0.286. The van der Waals surface area contributed by atoms with Crippen molar-refractivity contribution in [1.82, 2.24) is 4.57 Å². The third-order valence-electron chi connectivity index (χ3n) is 4.09. The molecular formula is C21H22N2O5S. The van der Waals surface area contributed by atoms with Crippen LogP contribution in [0.2, 0.25) is 0 Å². The summed E-state index contributed by atoms with van der Waals surface area (Å²) in [6.07, 6.45) is 0. The zero-order chi connectivity index (χ0) is 20.8. The summed E-state index contributed by atoms with van der Waals surface area (Å²) >= 11 is 1.34. The van der Waals surface area contributed by atoms with Gasteiger partial charge in [-0.15, -0.1) is 0 Å². The first-order chi connectivity index (χ1) is 14.1. The van der Waals surface area contributed by atoms with Crippen LogP contribution in [0.1, 0.15) is 24.2 Å². The number of carbonyl (C=O) groups excluding carboxylic acids is 2. The summed E-state index contributed by atoms with van der Waals surface area (Å²) in [7, 11) is 1.33. The molecule has 0 N–H and O–H groups in total. The van der Waals surface area contributed by atoms with Crippen molar-refractivity contribution < 1.29 is 23.8 Å². The Labute approximate surface area is 172 Å². The molecule has 0 saturated carbocycles. The van der Waals surface area contributed by atoms with Gasteiger partial charge in [-0.1, -0.05) is 23.5 Å². The van der Waals surface area contributed by atoms with Gasteiger partial charge in [0.25, 0.3) is 5.91 Å². The van der Waals surface area contributed by atoms with Crippen LogP contribution in [0.4, 0.5) is 0 Å². The van der Waals surface area contributed by atoms with Gasteiger partial charge in [-0.3, -0.25) is 9.59 Å². The van der Waals surface area contributed by atoms with Gasteiger partial charge < -0.3 is 18.8 Å². The number of benzene rings is 2. The molecule has 8 heteroatoms. The normalized spacial score (nSPS) is 11.5. The molecule has 0 bridgehead atoms. The van der Waals surface area contributed by atoms with E-state index in [0.29, 0.717) is 35.1 Å². The Morgan fingerprint density at radius 3 is 2.48 bits per heavy atom. The number of fused-ring (bicyclic) bond motifs is 1. The molecule has 0 aliphatic carbocycles. The largest absolute Gasteiger partial charge is 0.490 e. The zero-order valence-electron chi connectivity index (χ0n) is 16.5. The van der Waals surface area contributed by atoms with E-state index in [1.165, 1.54) is 18.4 Å². The van der Waals surface area contributed by atoms with E-state index in [2.05, 4.69) is 4.99 Å². The summed E-state index contributed by atoms with van der Waals surface area (Å²) < 4.78 is 18.5. The average molecular weight is 414 g/mol. The van der Waals surface area contributed by atoms with Crippen LogP contribution in [0.15, 0.2) is 47.5 Å². The molecule has 2 aromatic carbocycles. The lowest BCUT2D eigenvalue weighted by Gasteiger charge is -2.11. The quantitative estimate of drug-likeness (QED) is 0.554. The van der Waals surface area contributed by atoms with E-state index in [1.807, 2.05) is 38.1 Å². The molecule has 1 aromatic heterocycles. The second kappa shape index (κ2) is 9.38. The smallest absolute Gasteiger partial charge is 0.325 e. The molecule has 7 nitrogen and oxygen atoms in total. The zero-order valence-corrected chi connectivity index (χ0v) is 17.3. The number of esters is 1. The van der Waals surface area contributed by atoms with E-state index in [4.69, 9.17) is 14.2 Å². The number of thiazole rings is 1. The minimum absolute atomic E-state index is 0.0277. The van der Waals surface area contributed by atoms with Gasteiger partial charge in [0.2, 0.25) is 0 Å². The van der Waals surface area contributed by atoms with Crippen LogP contribution in [-0.2, 0) is 16.1 Å². The molecule has 0 unspecified atom stereocenters. The number of ether oxygens (including phenoxy) is 3. The predicted molar refractivity (Wildman–Crippen MR) is 111 cm³/mol. The standard InChI is InChI=1S/C21H22N2O5S/c1-4-27-16-11-10-14(12-17(16)28-5-2)20(25)22-21-23(13-19(24)26-3)15-8-6-7-9-18(15)29-21/h6-12H,4-5,13H2,1-3H3. The van der Waals surface area contributed by atoms with Crippen molar-refractivity contribution in [3.8, 4) is 11.5 Å². The number of aromatic nitrogens is 1. The third-order valence-corrected chi connectivity index (χ3v) is 5.15. The van der Waals surface area contributed by atoms with Crippen molar-refractivity contribution in [2.75, 3.05) is 20.3 Å². The lowest BCUT2D eigenvalue weighted by atomic mass is 10.2. The van der Waals surface area contributed by atoms with Gasteiger partial charge in [-0.25, -0.2) is 0 Å². The van der Waals surface area contributed by atoms with Crippen LogP contribution < -0.4 is 14.3 Å². The van der Waals surface area contributed by atoms with Crippen LogP contribution in [0, 0.1) is 0 Å². The number of rotatable bonds is 7. The van der Waals surface area contributed by atoms with Crippen LogP contribution in [0.5, 0.6) is 11.5 Å². The molecule has 0 spiro atoms. The topological polar surface area (TPSA) is 79.1 Å². The monoisotopic (exact) mass is 414 g/mol. The van der Waals surface area contributed by atoms with Crippen LogP contribution in [-0.4, -0.2) is 36.8 Å². The molecule has 1 amide bonds. The fourth-order valence-electron chi connectivity index (χ4n) is 2.79. The second-order valence-corrected chi connectivity index (χ2v) is 6.97. The van der Waals surface area contributed by atoms with E-state index >= 15 is 0 Å². The summed E-state index contributed by atoms with van der Waals surface area (Å²) in [6, 6.07) is 12.5. The van der Waals surface area contributed by atoms with Gasteiger partial charge in [0.05, 0.1) is 30.5 Å². The summed E-state index contributed by atoms with van der Waals surface area (Å²) in [6.45, 7) is 4.66. The maximum Gasteiger partial charge on any atom is 0.325 e. The maximum atomic E-state index is 12.8. The van der Waals surface area contributed by atoms with E-state index in [0.717, 1.165) is 10.2 Å². The van der Waals surface area contributed by atoms with Gasteiger partial charge in [0.1, 0.15) is 6.54 Å². The first-order valence-electron chi connectivity index (χ1n) is 9.21. The van der Waals surface area contributed by atoms with Crippen LogP contribution in [0.3, 0.4) is 0 Å². The Morgan fingerprint density at radius 1 is 1.03 bits per heavy atom. The second-order valence-electron chi connectivity index (χ2n) is 5.96. The molecule has 3 rings (SSSR count). The molecule has 3 aromatic rings. The Hall–Kier alpha value is -3.13. The molecule has 1 heterocycles. The highest BCUT2D eigenvalue weighted by Gasteiger charge is 2.14. The van der Waals surface area contributed by atoms with Crippen LogP contribution in [0.25, 0.3) is 10.2 Å². The highest BCUT2D eigenvalue weighted by Crippen LogP contribution is 2.29. The summed E-state index contributed by atoms with van der Waals surface area (Å²) in [5.41, 5.74) is 1.19. The number of para-hydroxylation sites is 1. The highest BCUT2D eigenvalue weighted by molar-refractivity contribution is 7.16. The lowest BCUT2D eigenvalue weighted by Crippen LogP contribution is -2.22. The number of amides is 1. The fourth-order valence-corrected chi connectivity index (χ4v) is 3.82. The molecular weight excluding hydrogens is 392 g/mol. The number of carbonyl (C=O) groups is 2. The molecule has 0 atom stereocenters. The maximum absolute atomic E-state index is 12.8. The van der Waals surface area contributed by atoms with Gasteiger partial charge >= 0.3 is 5.97 Å². The minimum Gasteiger partial charge on any atom is -0.490 e. The van der Waals surface area contributed by atoms with Gasteiger partial charge in [-0.2, -0.15) is 4.99 Å². The van der Waals surface area contributed by atoms with Crippen molar-refractivity contribution in [2.45, 2.75) is 20.4 Å². The lowest BCUT2D eigenvalue weighted by molar-refractivity contribution is -0.141. The molecule has 29 heavy (non-hydrogen) atoms. The third kappa shape index (κ3) is 4.65. The Morgan fingerprint density at radius 2 is 1.76 bits per heavy atom. The Bertz CT molecular complexity index is 1100. The van der Waals surface area contributed by atoms with Crippen molar-refractivity contribution in [3.63, 3.8) is 0 Å². The molecule has 0 aliphatic rings. The van der Waals surface area contributed by atoms with E-state index in [9.17, 15) is 9.59 Å². The number of methoxy groups -OCH3 is 1. The molecule has 152 valence electrons. The average Bonchev–Trinajstić information content (AvgIpc) is 3.06. The summed E-state index contributed by atoms with van der Waals surface area (Å²) in [5, 5.41) is 0. The Balaban J connectivity index is 2.04. The van der Waals surface area contributed by atoms with Gasteiger partial charge in [0, 0.05) is 5.56 Å². The highest BCUT2D eigenvalue weighted by atomic mass is 32.1. The number of nitrogens with zero attached hydrogens (tertiary/aromatic N) is 2. The van der Waals surface area contributed by atoms with E-state index < -0.39 is 11.9 Å².